The van der Waals surface area contributed by atoms with Crippen molar-refractivity contribution in [2.24, 2.45) is 7.05 Å². The lowest BCUT2D eigenvalue weighted by molar-refractivity contribution is 0.756. The summed E-state index contributed by atoms with van der Waals surface area (Å²) in [5, 5.41) is 7.24. The number of alkyl halides is 1. The van der Waals surface area contributed by atoms with E-state index in [9.17, 15) is 0 Å². The molecule has 0 fully saturated rings. The van der Waals surface area contributed by atoms with Crippen molar-refractivity contribution in [1.82, 2.24) is 14.8 Å². The quantitative estimate of drug-likeness (QED) is 0.739. The SMILES string of the molecule is Cc1nn(C)cc1-c1csc(CCl)n1. The number of nitrogens with zero attached hydrogens (tertiary/aromatic N) is 3. The van der Waals surface area contributed by atoms with Gasteiger partial charge in [0.2, 0.25) is 0 Å². The molecule has 0 saturated carbocycles. The molecular formula is C9H10ClN3S. The van der Waals surface area contributed by atoms with E-state index in [0.29, 0.717) is 5.88 Å². The highest BCUT2D eigenvalue weighted by Gasteiger charge is 2.09. The number of rotatable bonds is 2. The Hall–Kier alpha value is -0.870. The maximum Gasteiger partial charge on any atom is 0.108 e. The first-order chi connectivity index (χ1) is 6.70. The first kappa shape index (κ1) is 9.68. The van der Waals surface area contributed by atoms with Crippen molar-refractivity contribution in [3.05, 3.63) is 22.3 Å². The van der Waals surface area contributed by atoms with Crippen LogP contribution in [0.3, 0.4) is 0 Å². The first-order valence-electron chi connectivity index (χ1n) is 4.21. The van der Waals surface area contributed by atoms with Gasteiger partial charge in [-0.05, 0) is 6.92 Å². The maximum atomic E-state index is 5.70. The second-order valence-electron chi connectivity index (χ2n) is 3.06. The summed E-state index contributed by atoms with van der Waals surface area (Å²) < 4.78 is 1.80. The molecule has 2 aromatic rings. The van der Waals surface area contributed by atoms with Gasteiger partial charge in [0.25, 0.3) is 0 Å². The first-order valence-corrected chi connectivity index (χ1v) is 5.63. The van der Waals surface area contributed by atoms with Crippen LogP contribution >= 0.6 is 22.9 Å². The molecule has 0 aliphatic carbocycles. The van der Waals surface area contributed by atoms with Crippen LogP contribution < -0.4 is 0 Å². The third-order valence-electron chi connectivity index (χ3n) is 1.96. The molecule has 0 saturated heterocycles. The van der Waals surface area contributed by atoms with Gasteiger partial charge < -0.3 is 0 Å². The van der Waals surface area contributed by atoms with Crippen LogP contribution in [0, 0.1) is 6.92 Å². The minimum absolute atomic E-state index is 0.476. The molecule has 74 valence electrons. The summed E-state index contributed by atoms with van der Waals surface area (Å²) in [6.07, 6.45) is 1.97. The summed E-state index contributed by atoms with van der Waals surface area (Å²) in [5.41, 5.74) is 3.05. The Labute approximate surface area is 91.4 Å². The zero-order valence-electron chi connectivity index (χ0n) is 7.99. The molecule has 0 unspecified atom stereocenters. The molecule has 5 heteroatoms. The molecule has 0 amide bonds. The molecule has 2 aromatic heterocycles. The van der Waals surface area contributed by atoms with Gasteiger partial charge >= 0.3 is 0 Å². The highest BCUT2D eigenvalue weighted by Crippen LogP contribution is 2.24. The summed E-state index contributed by atoms with van der Waals surface area (Å²) in [4.78, 5) is 4.41. The van der Waals surface area contributed by atoms with E-state index in [1.807, 2.05) is 25.5 Å². The van der Waals surface area contributed by atoms with E-state index in [-0.39, 0.29) is 0 Å². The summed E-state index contributed by atoms with van der Waals surface area (Å²) in [5.74, 6) is 0.476. The van der Waals surface area contributed by atoms with Crippen LogP contribution in [-0.4, -0.2) is 14.8 Å². The number of thiazole rings is 1. The number of halogens is 1. The number of hydrogen-bond donors (Lipinski definition) is 0. The predicted octanol–water partition coefficient (Wildman–Crippen LogP) is 2.59. The van der Waals surface area contributed by atoms with Gasteiger partial charge in [-0.3, -0.25) is 4.68 Å². The second-order valence-corrected chi connectivity index (χ2v) is 4.27. The summed E-state index contributed by atoms with van der Waals surface area (Å²) >= 11 is 7.28. The van der Waals surface area contributed by atoms with Crippen LogP contribution in [0.5, 0.6) is 0 Å². The minimum Gasteiger partial charge on any atom is -0.275 e. The Kier molecular flexibility index (Phi) is 2.56. The van der Waals surface area contributed by atoms with Crippen LogP contribution in [-0.2, 0) is 12.9 Å². The van der Waals surface area contributed by atoms with Crippen molar-refractivity contribution in [3.8, 4) is 11.3 Å². The molecule has 0 aromatic carbocycles. The van der Waals surface area contributed by atoms with Crippen LogP contribution in [0.2, 0.25) is 0 Å². The van der Waals surface area contributed by atoms with Gasteiger partial charge in [-0.15, -0.1) is 22.9 Å². The van der Waals surface area contributed by atoms with Crippen molar-refractivity contribution in [2.75, 3.05) is 0 Å². The molecule has 0 N–H and O–H groups in total. The zero-order chi connectivity index (χ0) is 10.1. The van der Waals surface area contributed by atoms with Gasteiger partial charge in [0.05, 0.1) is 17.3 Å². The van der Waals surface area contributed by atoms with Crippen molar-refractivity contribution >= 4 is 22.9 Å². The average Bonchev–Trinajstić information content (AvgIpc) is 2.71. The summed E-state index contributed by atoms with van der Waals surface area (Å²) in [6, 6.07) is 0. The van der Waals surface area contributed by atoms with E-state index < -0.39 is 0 Å². The lowest BCUT2D eigenvalue weighted by Gasteiger charge is -1.90. The Balaban J connectivity index is 2.43. The number of hydrogen-bond acceptors (Lipinski definition) is 3. The van der Waals surface area contributed by atoms with Crippen molar-refractivity contribution in [2.45, 2.75) is 12.8 Å². The van der Waals surface area contributed by atoms with E-state index in [4.69, 9.17) is 11.6 Å². The molecular weight excluding hydrogens is 218 g/mol. The monoisotopic (exact) mass is 227 g/mol. The fraction of sp³-hybridized carbons (Fsp3) is 0.333. The molecule has 0 bridgehead atoms. The lowest BCUT2D eigenvalue weighted by Crippen LogP contribution is -1.86. The molecule has 14 heavy (non-hydrogen) atoms. The predicted molar refractivity (Wildman–Crippen MR) is 58.6 cm³/mol. The van der Waals surface area contributed by atoms with E-state index in [1.165, 1.54) is 0 Å². The lowest BCUT2D eigenvalue weighted by atomic mass is 10.2. The van der Waals surface area contributed by atoms with Gasteiger partial charge in [-0.2, -0.15) is 5.10 Å². The van der Waals surface area contributed by atoms with E-state index in [2.05, 4.69) is 10.1 Å². The zero-order valence-corrected chi connectivity index (χ0v) is 9.56. The van der Waals surface area contributed by atoms with Gasteiger partial charge in [0, 0.05) is 24.2 Å². The highest BCUT2D eigenvalue weighted by molar-refractivity contribution is 7.10. The van der Waals surface area contributed by atoms with Gasteiger partial charge in [0.15, 0.2) is 0 Å². The Bertz CT molecular complexity index is 447. The number of aryl methyl sites for hydroxylation is 2. The molecule has 2 heterocycles. The molecule has 2 rings (SSSR count). The van der Waals surface area contributed by atoms with Crippen molar-refractivity contribution in [3.63, 3.8) is 0 Å². The molecule has 0 aliphatic heterocycles. The van der Waals surface area contributed by atoms with Crippen LogP contribution in [0.1, 0.15) is 10.7 Å². The average molecular weight is 228 g/mol. The second kappa shape index (κ2) is 3.71. The summed E-state index contributed by atoms with van der Waals surface area (Å²) in [6.45, 7) is 1.98. The maximum absolute atomic E-state index is 5.70. The van der Waals surface area contributed by atoms with Crippen molar-refractivity contribution in [1.29, 1.82) is 0 Å². The highest BCUT2D eigenvalue weighted by atomic mass is 35.5. The Morgan fingerprint density at radius 1 is 1.57 bits per heavy atom. The summed E-state index contributed by atoms with van der Waals surface area (Å²) in [7, 11) is 1.91. The Morgan fingerprint density at radius 3 is 2.86 bits per heavy atom. The molecule has 0 spiro atoms. The molecule has 0 radical (unpaired) electrons. The fourth-order valence-corrected chi connectivity index (χ4v) is 2.24. The largest absolute Gasteiger partial charge is 0.275 e. The van der Waals surface area contributed by atoms with E-state index in [0.717, 1.165) is 22.0 Å². The van der Waals surface area contributed by atoms with Crippen LogP contribution in [0.15, 0.2) is 11.6 Å². The van der Waals surface area contributed by atoms with Crippen molar-refractivity contribution < 1.29 is 0 Å². The third-order valence-corrected chi connectivity index (χ3v) is 3.22. The fourth-order valence-electron chi connectivity index (χ4n) is 1.35. The third kappa shape index (κ3) is 1.67. The Morgan fingerprint density at radius 2 is 2.36 bits per heavy atom. The normalized spacial score (nSPS) is 10.8. The smallest absolute Gasteiger partial charge is 0.108 e. The standard InChI is InChI=1S/C9H10ClN3S/c1-6-7(4-13(2)12-6)8-5-14-9(3-10)11-8/h4-5H,3H2,1-2H3. The van der Waals surface area contributed by atoms with Gasteiger partial charge in [0.1, 0.15) is 5.01 Å². The van der Waals surface area contributed by atoms with Crippen LogP contribution in [0.25, 0.3) is 11.3 Å². The number of aromatic nitrogens is 3. The molecule has 0 aliphatic rings. The van der Waals surface area contributed by atoms with E-state index in [1.54, 1.807) is 16.0 Å². The van der Waals surface area contributed by atoms with E-state index >= 15 is 0 Å². The van der Waals surface area contributed by atoms with Gasteiger partial charge in [-0.1, -0.05) is 0 Å². The molecule has 3 nitrogen and oxygen atoms in total. The van der Waals surface area contributed by atoms with Crippen LogP contribution in [0.4, 0.5) is 0 Å². The topological polar surface area (TPSA) is 30.7 Å². The minimum atomic E-state index is 0.476. The van der Waals surface area contributed by atoms with Gasteiger partial charge in [-0.25, -0.2) is 4.98 Å². The molecule has 0 atom stereocenters.